The van der Waals surface area contributed by atoms with Gasteiger partial charge in [-0.15, -0.1) is 0 Å². The number of nitrogens with zero attached hydrogens (tertiary/aromatic N) is 3. The predicted molar refractivity (Wildman–Crippen MR) is 119 cm³/mol. The monoisotopic (exact) mass is 391 g/mol. The van der Waals surface area contributed by atoms with Gasteiger partial charge in [-0.3, -0.25) is 4.79 Å². The first-order valence-electron chi connectivity index (χ1n) is 9.90. The first-order chi connectivity index (χ1) is 13.9. The van der Waals surface area contributed by atoms with Gasteiger partial charge in [0.25, 0.3) is 0 Å². The summed E-state index contributed by atoms with van der Waals surface area (Å²) in [6.45, 7) is 9.68. The predicted octanol–water partition coefficient (Wildman–Crippen LogP) is 3.93. The number of anilines is 1. The third-order valence-electron chi connectivity index (χ3n) is 5.20. The van der Waals surface area contributed by atoms with Gasteiger partial charge in [0, 0.05) is 43.5 Å². The lowest BCUT2D eigenvalue weighted by atomic mass is 10.1. The summed E-state index contributed by atoms with van der Waals surface area (Å²) in [5, 5.41) is 2.72. The Labute approximate surface area is 172 Å². The van der Waals surface area contributed by atoms with Gasteiger partial charge in [-0.25, -0.2) is 9.97 Å². The molecule has 0 saturated carbocycles. The van der Waals surface area contributed by atoms with Crippen molar-refractivity contribution < 1.29 is 4.79 Å². The smallest absolute Gasteiger partial charge is 0.207 e. The van der Waals surface area contributed by atoms with Gasteiger partial charge >= 0.3 is 0 Å². The van der Waals surface area contributed by atoms with Crippen LogP contribution in [0.3, 0.4) is 0 Å². The lowest BCUT2D eigenvalue weighted by Crippen LogP contribution is -2.22. The third kappa shape index (κ3) is 4.47. The van der Waals surface area contributed by atoms with Crippen molar-refractivity contribution in [3.8, 4) is 11.3 Å². The summed E-state index contributed by atoms with van der Waals surface area (Å²) in [5.74, 6) is 0.893. The quantitative estimate of drug-likeness (QED) is 0.347. The van der Waals surface area contributed by atoms with E-state index in [9.17, 15) is 4.79 Å². The van der Waals surface area contributed by atoms with Gasteiger partial charge in [-0.05, 0) is 45.4 Å². The zero-order valence-electron chi connectivity index (χ0n) is 17.8. The number of hydrogen-bond acceptors (Lipinski definition) is 4. The SMILES string of the molecule is C/C=C(/C)CN(C)c1nc2c(-c3cc(C)c(CCNC=O)[nH]3)cccc2nc1C. The third-order valence-corrected chi connectivity index (χ3v) is 5.20. The second-order valence-electron chi connectivity index (χ2n) is 7.46. The maximum absolute atomic E-state index is 10.5. The number of carbonyl (C=O) groups is 1. The fraction of sp³-hybridized carbons (Fsp3) is 0.348. The zero-order chi connectivity index (χ0) is 21.0. The summed E-state index contributed by atoms with van der Waals surface area (Å²) in [6, 6.07) is 8.24. The highest BCUT2D eigenvalue weighted by Crippen LogP contribution is 2.30. The molecular weight excluding hydrogens is 362 g/mol. The van der Waals surface area contributed by atoms with Crippen LogP contribution in [0.4, 0.5) is 5.82 Å². The first kappa shape index (κ1) is 20.6. The maximum atomic E-state index is 10.5. The van der Waals surface area contributed by atoms with Crippen LogP contribution < -0.4 is 10.2 Å². The molecule has 6 nitrogen and oxygen atoms in total. The summed E-state index contributed by atoms with van der Waals surface area (Å²) in [6.07, 6.45) is 3.61. The lowest BCUT2D eigenvalue weighted by molar-refractivity contribution is -0.109. The Kier molecular flexibility index (Phi) is 6.32. The number of allylic oxidation sites excluding steroid dienone is 1. The van der Waals surface area contributed by atoms with E-state index in [1.807, 2.05) is 19.1 Å². The summed E-state index contributed by atoms with van der Waals surface area (Å²) in [5.41, 5.74) is 8.32. The molecule has 1 amide bonds. The molecule has 3 aromatic rings. The fourth-order valence-electron chi connectivity index (χ4n) is 3.54. The minimum Gasteiger partial charge on any atom is -0.358 e. The van der Waals surface area contributed by atoms with Crippen LogP contribution in [0.25, 0.3) is 22.3 Å². The van der Waals surface area contributed by atoms with Gasteiger partial charge in [-0.2, -0.15) is 0 Å². The van der Waals surface area contributed by atoms with Crippen LogP contribution in [-0.2, 0) is 11.2 Å². The largest absolute Gasteiger partial charge is 0.358 e. The molecule has 29 heavy (non-hydrogen) atoms. The minimum atomic E-state index is 0.609. The molecule has 2 N–H and O–H groups in total. The Morgan fingerprint density at radius 1 is 1.28 bits per heavy atom. The highest BCUT2D eigenvalue weighted by Gasteiger charge is 2.15. The van der Waals surface area contributed by atoms with Crippen molar-refractivity contribution in [3.63, 3.8) is 0 Å². The standard InChI is InChI=1S/C23H29N5O/c1-6-15(2)13-28(5)23-17(4)25-20-9-7-8-18(22(20)27-23)21-12-16(3)19(26-21)10-11-24-14-29/h6-9,12,14,26H,10-11,13H2,1-5H3,(H,24,29)/b15-6-. The molecule has 0 bridgehead atoms. The second kappa shape index (κ2) is 8.90. The number of rotatable bonds is 8. The van der Waals surface area contributed by atoms with Crippen molar-refractivity contribution in [2.75, 3.05) is 25.0 Å². The lowest BCUT2D eigenvalue weighted by Gasteiger charge is -2.21. The van der Waals surface area contributed by atoms with E-state index in [2.05, 4.69) is 61.2 Å². The van der Waals surface area contributed by atoms with Gasteiger partial charge in [-0.1, -0.05) is 23.8 Å². The molecule has 0 aliphatic carbocycles. The van der Waals surface area contributed by atoms with Crippen molar-refractivity contribution in [3.05, 3.63) is 52.9 Å². The number of likely N-dealkylation sites (N-methyl/N-ethyl adjacent to an activating group) is 1. The average molecular weight is 392 g/mol. The van der Waals surface area contributed by atoms with Crippen LogP contribution >= 0.6 is 0 Å². The number of para-hydroxylation sites is 1. The Balaban J connectivity index is 2.04. The maximum Gasteiger partial charge on any atom is 0.207 e. The molecule has 0 aliphatic rings. The van der Waals surface area contributed by atoms with E-state index < -0.39 is 0 Å². The van der Waals surface area contributed by atoms with E-state index >= 15 is 0 Å². The Morgan fingerprint density at radius 3 is 2.79 bits per heavy atom. The van der Waals surface area contributed by atoms with Crippen LogP contribution in [0, 0.1) is 13.8 Å². The molecule has 0 spiro atoms. The summed E-state index contributed by atoms with van der Waals surface area (Å²) >= 11 is 0. The molecule has 6 heteroatoms. The number of benzene rings is 1. The fourth-order valence-corrected chi connectivity index (χ4v) is 3.54. The number of H-pyrrole nitrogens is 1. The van der Waals surface area contributed by atoms with E-state index in [1.165, 1.54) is 11.1 Å². The van der Waals surface area contributed by atoms with Crippen molar-refractivity contribution in [1.82, 2.24) is 20.3 Å². The highest BCUT2D eigenvalue weighted by molar-refractivity contribution is 5.91. The van der Waals surface area contributed by atoms with E-state index in [0.29, 0.717) is 6.54 Å². The van der Waals surface area contributed by atoms with E-state index in [4.69, 9.17) is 9.97 Å². The van der Waals surface area contributed by atoms with E-state index in [-0.39, 0.29) is 0 Å². The molecule has 2 heterocycles. The molecule has 0 fully saturated rings. The van der Waals surface area contributed by atoms with Gasteiger partial charge in [0.15, 0.2) is 5.82 Å². The number of carbonyl (C=O) groups excluding carboxylic acids is 1. The highest BCUT2D eigenvalue weighted by atomic mass is 16.1. The number of fused-ring (bicyclic) bond motifs is 1. The Hall–Kier alpha value is -3.15. The molecule has 1 aromatic carbocycles. The van der Waals surface area contributed by atoms with Crippen LogP contribution in [0.1, 0.15) is 30.8 Å². The minimum absolute atomic E-state index is 0.609. The Morgan fingerprint density at radius 2 is 2.07 bits per heavy atom. The zero-order valence-corrected chi connectivity index (χ0v) is 17.8. The van der Waals surface area contributed by atoms with Crippen LogP contribution in [0.5, 0.6) is 0 Å². The average Bonchev–Trinajstić information content (AvgIpc) is 3.07. The second-order valence-corrected chi connectivity index (χ2v) is 7.46. The van der Waals surface area contributed by atoms with Gasteiger partial charge in [0.2, 0.25) is 6.41 Å². The number of aromatic amines is 1. The van der Waals surface area contributed by atoms with Crippen molar-refractivity contribution in [2.45, 2.75) is 34.1 Å². The molecular formula is C23H29N5O. The molecule has 2 aromatic heterocycles. The van der Waals surface area contributed by atoms with Crippen molar-refractivity contribution >= 4 is 23.3 Å². The summed E-state index contributed by atoms with van der Waals surface area (Å²) in [7, 11) is 2.05. The first-order valence-corrected chi connectivity index (χ1v) is 9.90. The number of amides is 1. The summed E-state index contributed by atoms with van der Waals surface area (Å²) < 4.78 is 0. The van der Waals surface area contributed by atoms with E-state index in [1.54, 1.807) is 0 Å². The number of nitrogens with one attached hydrogen (secondary N) is 2. The molecule has 152 valence electrons. The number of aromatic nitrogens is 3. The molecule has 0 radical (unpaired) electrons. The van der Waals surface area contributed by atoms with Crippen LogP contribution in [-0.4, -0.2) is 41.5 Å². The van der Waals surface area contributed by atoms with Crippen molar-refractivity contribution in [1.29, 1.82) is 0 Å². The summed E-state index contributed by atoms with van der Waals surface area (Å²) in [4.78, 5) is 26.0. The Bertz CT molecular complexity index is 1050. The molecule has 0 saturated heterocycles. The molecule has 0 unspecified atom stereocenters. The number of hydrogen-bond donors (Lipinski definition) is 2. The van der Waals surface area contributed by atoms with Crippen molar-refractivity contribution in [2.24, 2.45) is 0 Å². The molecule has 3 rings (SSSR count). The number of aryl methyl sites for hydroxylation is 2. The molecule has 0 atom stereocenters. The van der Waals surface area contributed by atoms with Gasteiger partial charge in [0.05, 0.1) is 11.2 Å². The molecule has 0 aliphatic heterocycles. The van der Waals surface area contributed by atoms with Gasteiger partial charge < -0.3 is 15.2 Å². The van der Waals surface area contributed by atoms with Crippen LogP contribution in [0.2, 0.25) is 0 Å². The topological polar surface area (TPSA) is 73.9 Å². The van der Waals surface area contributed by atoms with Crippen LogP contribution in [0.15, 0.2) is 35.9 Å². The van der Waals surface area contributed by atoms with E-state index in [0.717, 1.165) is 58.9 Å². The van der Waals surface area contributed by atoms with Gasteiger partial charge in [0.1, 0.15) is 5.52 Å². The normalized spacial score (nSPS) is 11.7.